The van der Waals surface area contributed by atoms with Crippen LogP contribution in [-0.4, -0.2) is 32.2 Å². The first kappa shape index (κ1) is 15.3. The van der Waals surface area contributed by atoms with E-state index in [1.54, 1.807) is 0 Å². The Bertz CT molecular complexity index is 373. The molecule has 0 heterocycles. The fourth-order valence-corrected chi connectivity index (χ4v) is 1.54. The number of nitrogens with one attached hydrogen (secondary N) is 2. The van der Waals surface area contributed by atoms with Gasteiger partial charge >= 0.3 is 0 Å². The van der Waals surface area contributed by atoms with Gasteiger partial charge in [-0.1, -0.05) is 24.6 Å². The molecule has 2 N–H and O–H groups in total. The molecule has 1 aromatic rings. The Morgan fingerprint density at radius 2 is 1.89 bits per heavy atom. The summed E-state index contributed by atoms with van der Waals surface area (Å²) in [5.74, 6) is 1.76. The molecule has 0 radical (unpaired) electrons. The van der Waals surface area contributed by atoms with Gasteiger partial charge in [-0.05, 0) is 32.4 Å². The second-order valence-electron chi connectivity index (χ2n) is 4.35. The monoisotopic (exact) mass is 263 g/mol. The minimum atomic E-state index is 0.625. The van der Waals surface area contributed by atoms with E-state index in [4.69, 9.17) is 4.74 Å². The van der Waals surface area contributed by atoms with Crippen LogP contribution in [0.4, 0.5) is 0 Å². The maximum atomic E-state index is 5.65. The SMILES string of the molecule is CCCN=C(NCC)NCCOc1ccc(C)cc1. The lowest BCUT2D eigenvalue weighted by atomic mass is 10.2. The van der Waals surface area contributed by atoms with Crippen LogP contribution < -0.4 is 15.4 Å². The minimum absolute atomic E-state index is 0.625. The highest BCUT2D eigenvalue weighted by atomic mass is 16.5. The number of guanidine groups is 1. The van der Waals surface area contributed by atoms with Gasteiger partial charge in [-0.25, -0.2) is 0 Å². The van der Waals surface area contributed by atoms with Gasteiger partial charge in [0.2, 0.25) is 0 Å². The highest BCUT2D eigenvalue weighted by Crippen LogP contribution is 2.10. The Morgan fingerprint density at radius 3 is 2.53 bits per heavy atom. The molecule has 0 aliphatic heterocycles. The van der Waals surface area contributed by atoms with Crippen molar-refractivity contribution in [3.05, 3.63) is 29.8 Å². The molecule has 0 saturated heterocycles. The largest absolute Gasteiger partial charge is 0.492 e. The summed E-state index contributed by atoms with van der Waals surface area (Å²) in [4.78, 5) is 4.43. The van der Waals surface area contributed by atoms with Gasteiger partial charge < -0.3 is 15.4 Å². The molecule has 19 heavy (non-hydrogen) atoms. The van der Waals surface area contributed by atoms with Crippen LogP contribution in [0.2, 0.25) is 0 Å². The Hall–Kier alpha value is -1.71. The van der Waals surface area contributed by atoms with Crippen molar-refractivity contribution in [1.29, 1.82) is 0 Å². The molecule has 1 aromatic carbocycles. The Balaban J connectivity index is 2.26. The van der Waals surface area contributed by atoms with Crippen molar-refractivity contribution in [3.63, 3.8) is 0 Å². The third-order valence-electron chi connectivity index (χ3n) is 2.52. The van der Waals surface area contributed by atoms with Crippen LogP contribution in [0.5, 0.6) is 5.75 Å². The zero-order valence-electron chi connectivity index (χ0n) is 12.2. The molecule has 0 spiro atoms. The predicted molar refractivity (Wildman–Crippen MR) is 80.9 cm³/mol. The second kappa shape index (κ2) is 9.25. The van der Waals surface area contributed by atoms with E-state index < -0.39 is 0 Å². The number of nitrogens with zero attached hydrogens (tertiary/aromatic N) is 1. The van der Waals surface area contributed by atoms with Gasteiger partial charge in [0.25, 0.3) is 0 Å². The first-order valence-corrected chi connectivity index (χ1v) is 6.98. The first-order valence-electron chi connectivity index (χ1n) is 6.98. The molecule has 0 bridgehead atoms. The summed E-state index contributed by atoms with van der Waals surface area (Å²) in [6.07, 6.45) is 1.05. The lowest BCUT2D eigenvalue weighted by molar-refractivity contribution is 0.322. The molecule has 0 unspecified atom stereocenters. The zero-order valence-corrected chi connectivity index (χ0v) is 12.2. The summed E-state index contributed by atoms with van der Waals surface area (Å²) in [7, 11) is 0. The molecule has 0 atom stereocenters. The zero-order chi connectivity index (χ0) is 13.9. The molecule has 0 aromatic heterocycles. The van der Waals surface area contributed by atoms with E-state index in [9.17, 15) is 0 Å². The van der Waals surface area contributed by atoms with Gasteiger partial charge in [0.1, 0.15) is 12.4 Å². The Labute approximate surface area is 116 Å². The molecule has 0 aliphatic carbocycles. The van der Waals surface area contributed by atoms with Crippen molar-refractivity contribution >= 4 is 5.96 Å². The minimum Gasteiger partial charge on any atom is -0.492 e. The molecule has 0 aliphatic rings. The maximum absolute atomic E-state index is 5.65. The maximum Gasteiger partial charge on any atom is 0.191 e. The van der Waals surface area contributed by atoms with Gasteiger partial charge in [0.15, 0.2) is 5.96 Å². The highest BCUT2D eigenvalue weighted by Gasteiger charge is 1.97. The van der Waals surface area contributed by atoms with Crippen molar-refractivity contribution in [2.45, 2.75) is 27.2 Å². The smallest absolute Gasteiger partial charge is 0.191 e. The fraction of sp³-hybridized carbons (Fsp3) is 0.533. The lowest BCUT2D eigenvalue weighted by Gasteiger charge is -2.12. The quantitative estimate of drug-likeness (QED) is 0.451. The molecule has 0 fully saturated rings. The van der Waals surface area contributed by atoms with E-state index in [-0.39, 0.29) is 0 Å². The number of rotatable bonds is 7. The second-order valence-corrected chi connectivity index (χ2v) is 4.35. The van der Waals surface area contributed by atoms with Gasteiger partial charge in [0.05, 0.1) is 6.54 Å². The summed E-state index contributed by atoms with van der Waals surface area (Å²) in [6.45, 7) is 9.32. The van der Waals surface area contributed by atoms with Crippen molar-refractivity contribution < 1.29 is 4.74 Å². The van der Waals surface area contributed by atoms with Crippen LogP contribution in [0.3, 0.4) is 0 Å². The molecule has 4 nitrogen and oxygen atoms in total. The highest BCUT2D eigenvalue weighted by molar-refractivity contribution is 5.79. The van der Waals surface area contributed by atoms with Crippen LogP contribution in [0.1, 0.15) is 25.8 Å². The number of aryl methyl sites for hydroxylation is 1. The standard InChI is InChI=1S/C15H25N3O/c1-4-10-17-15(16-5-2)18-11-12-19-14-8-6-13(3)7-9-14/h6-9H,4-5,10-12H2,1-3H3,(H2,16,17,18). The lowest BCUT2D eigenvalue weighted by Crippen LogP contribution is -2.39. The van der Waals surface area contributed by atoms with Crippen LogP contribution in [0.25, 0.3) is 0 Å². The van der Waals surface area contributed by atoms with Gasteiger partial charge in [-0.2, -0.15) is 0 Å². The van der Waals surface area contributed by atoms with E-state index in [1.165, 1.54) is 5.56 Å². The normalized spacial score (nSPS) is 11.2. The van der Waals surface area contributed by atoms with Gasteiger partial charge in [0, 0.05) is 13.1 Å². The predicted octanol–water partition coefficient (Wildman–Crippen LogP) is 2.34. The number of ether oxygens (including phenoxy) is 1. The van der Waals surface area contributed by atoms with Gasteiger partial charge in [-0.15, -0.1) is 0 Å². The van der Waals surface area contributed by atoms with E-state index in [1.807, 2.05) is 12.1 Å². The third-order valence-corrected chi connectivity index (χ3v) is 2.52. The average Bonchev–Trinajstić information content (AvgIpc) is 2.42. The summed E-state index contributed by atoms with van der Waals surface area (Å²) in [5.41, 5.74) is 1.24. The molecular weight excluding hydrogens is 238 g/mol. The number of hydrogen-bond acceptors (Lipinski definition) is 2. The molecule has 0 saturated carbocycles. The van der Waals surface area contributed by atoms with Crippen molar-refractivity contribution in [2.24, 2.45) is 4.99 Å². The summed E-state index contributed by atoms with van der Waals surface area (Å²) >= 11 is 0. The molecular formula is C15H25N3O. The number of benzene rings is 1. The van der Waals surface area contributed by atoms with E-state index in [2.05, 4.69) is 48.5 Å². The van der Waals surface area contributed by atoms with Crippen molar-refractivity contribution in [2.75, 3.05) is 26.2 Å². The van der Waals surface area contributed by atoms with E-state index in [0.29, 0.717) is 6.61 Å². The number of hydrogen-bond donors (Lipinski definition) is 2. The number of aliphatic imine (C=N–C) groups is 1. The van der Waals surface area contributed by atoms with Crippen LogP contribution >= 0.6 is 0 Å². The van der Waals surface area contributed by atoms with Crippen LogP contribution in [0, 0.1) is 6.92 Å². The summed E-state index contributed by atoms with van der Waals surface area (Å²) in [6, 6.07) is 8.09. The molecule has 4 heteroatoms. The Kier molecular flexibility index (Phi) is 7.47. The topological polar surface area (TPSA) is 45.7 Å². The summed E-state index contributed by atoms with van der Waals surface area (Å²) in [5, 5.41) is 6.46. The van der Waals surface area contributed by atoms with Crippen molar-refractivity contribution in [3.8, 4) is 5.75 Å². The van der Waals surface area contributed by atoms with E-state index in [0.717, 1.165) is 37.8 Å². The molecule has 0 amide bonds. The third kappa shape index (κ3) is 6.70. The van der Waals surface area contributed by atoms with Crippen molar-refractivity contribution in [1.82, 2.24) is 10.6 Å². The molecule has 1 rings (SSSR count). The van der Waals surface area contributed by atoms with E-state index >= 15 is 0 Å². The van der Waals surface area contributed by atoms with Gasteiger partial charge in [-0.3, -0.25) is 4.99 Å². The average molecular weight is 263 g/mol. The summed E-state index contributed by atoms with van der Waals surface area (Å²) < 4.78 is 5.65. The van der Waals surface area contributed by atoms with Crippen LogP contribution in [0.15, 0.2) is 29.3 Å². The Morgan fingerprint density at radius 1 is 1.16 bits per heavy atom. The molecule has 106 valence electrons. The van der Waals surface area contributed by atoms with Crippen LogP contribution in [-0.2, 0) is 0 Å². The first-order chi connectivity index (χ1) is 9.26. The fourth-order valence-electron chi connectivity index (χ4n) is 1.54.